The fourth-order valence-electron chi connectivity index (χ4n) is 3.54. The average Bonchev–Trinajstić information content (AvgIpc) is 3.47. The van der Waals surface area contributed by atoms with E-state index < -0.39 is 15.9 Å². The average molecular weight is 461 g/mol. The van der Waals surface area contributed by atoms with Gasteiger partial charge in [-0.05, 0) is 48.1 Å². The molecule has 8 heteroatoms. The number of halogens is 1. The molecule has 4 rings (SSSR count). The molecule has 156 valence electrons. The van der Waals surface area contributed by atoms with Gasteiger partial charge >= 0.3 is 0 Å². The number of sulfonamides is 1. The molecule has 1 saturated heterocycles. The van der Waals surface area contributed by atoms with E-state index in [9.17, 15) is 13.2 Å². The highest BCUT2D eigenvalue weighted by atomic mass is 35.5. The van der Waals surface area contributed by atoms with Crippen molar-refractivity contribution in [3.05, 3.63) is 87.1 Å². The van der Waals surface area contributed by atoms with Crippen molar-refractivity contribution in [2.45, 2.75) is 23.8 Å². The van der Waals surface area contributed by atoms with Gasteiger partial charge in [0.1, 0.15) is 0 Å². The zero-order valence-corrected chi connectivity index (χ0v) is 18.5. The zero-order valence-electron chi connectivity index (χ0n) is 16.1. The minimum Gasteiger partial charge on any atom is -0.340 e. The van der Waals surface area contributed by atoms with Crippen LogP contribution in [-0.4, -0.2) is 31.7 Å². The van der Waals surface area contributed by atoms with E-state index in [4.69, 9.17) is 11.6 Å². The second-order valence-corrected chi connectivity index (χ2v) is 10.4. The molecule has 1 fully saturated rings. The van der Waals surface area contributed by atoms with Gasteiger partial charge in [0.25, 0.3) is 5.91 Å². The van der Waals surface area contributed by atoms with Crippen LogP contribution < -0.4 is 5.32 Å². The van der Waals surface area contributed by atoms with Gasteiger partial charge in [-0.3, -0.25) is 4.79 Å². The van der Waals surface area contributed by atoms with E-state index in [1.807, 2.05) is 47.8 Å². The van der Waals surface area contributed by atoms with E-state index in [-0.39, 0.29) is 21.5 Å². The van der Waals surface area contributed by atoms with Gasteiger partial charge in [-0.15, -0.1) is 11.3 Å². The smallest absolute Gasteiger partial charge is 0.253 e. The molecule has 2 aromatic carbocycles. The van der Waals surface area contributed by atoms with Crippen molar-refractivity contribution in [1.82, 2.24) is 9.62 Å². The van der Waals surface area contributed by atoms with Crippen LogP contribution in [0.25, 0.3) is 0 Å². The molecular formula is C22H21ClN2O3S2. The van der Waals surface area contributed by atoms with Crippen molar-refractivity contribution >= 4 is 38.9 Å². The Morgan fingerprint density at radius 3 is 2.43 bits per heavy atom. The van der Waals surface area contributed by atoms with Crippen LogP contribution >= 0.6 is 22.9 Å². The Morgan fingerprint density at radius 2 is 1.77 bits per heavy atom. The number of carbonyl (C=O) groups is 1. The first kappa shape index (κ1) is 21.1. The Kier molecular flexibility index (Phi) is 6.24. The molecule has 1 aliphatic heterocycles. The molecule has 30 heavy (non-hydrogen) atoms. The van der Waals surface area contributed by atoms with Crippen LogP contribution in [-0.2, 0) is 10.0 Å². The number of hydrogen-bond acceptors (Lipinski definition) is 4. The molecule has 0 aliphatic carbocycles. The van der Waals surface area contributed by atoms with Crippen LogP contribution in [0.4, 0.5) is 0 Å². The van der Waals surface area contributed by atoms with Crippen LogP contribution in [0, 0.1) is 0 Å². The molecule has 3 aromatic rings. The van der Waals surface area contributed by atoms with Crippen molar-refractivity contribution in [2.75, 3.05) is 13.1 Å². The van der Waals surface area contributed by atoms with Gasteiger partial charge in [0, 0.05) is 18.0 Å². The molecule has 0 spiro atoms. The number of carbonyl (C=O) groups excluding carboxylic acids is 1. The van der Waals surface area contributed by atoms with Gasteiger partial charge in [0.15, 0.2) is 0 Å². The van der Waals surface area contributed by atoms with Crippen LogP contribution in [0.5, 0.6) is 0 Å². The second-order valence-electron chi connectivity index (χ2n) is 7.09. The lowest BCUT2D eigenvalue weighted by Gasteiger charge is -2.20. The minimum absolute atomic E-state index is 0.0892. The van der Waals surface area contributed by atoms with Gasteiger partial charge < -0.3 is 5.32 Å². The largest absolute Gasteiger partial charge is 0.340 e. The third kappa shape index (κ3) is 4.30. The number of amides is 1. The summed E-state index contributed by atoms with van der Waals surface area (Å²) in [4.78, 5) is 14.2. The second kappa shape index (κ2) is 8.89. The van der Waals surface area contributed by atoms with Crippen molar-refractivity contribution in [3.63, 3.8) is 0 Å². The molecule has 0 radical (unpaired) electrons. The van der Waals surface area contributed by atoms with Crippen molar-refractivity contribution < 1.29 is 13.2 Å². The highest BCUT2D eigenvalue weighted by molar-refractivity contribution is 7.89. The predicted molar refractivity (Wildman–Crippen MR) is 120 cm³/mol. The van der Waals surface area contributed by atoms with Gasteiger partial charge in [0.2, 0.25) is 10.0 Å². The Hall–Kier alpha value is -2.19. The Balaban J connectivity index is 1.65. The molecule has 0 bridgehead atoms. The van der Waals surface area contributed by atoms with E-state index in [1.54, 1.807) is 11.3 Å². The fraction of sp³-hybridized carbons (Fsp3) is 0.227. The maximum absolute atomic E-state index is 13.1. The van der Waals surface area contributed by atoms with E-state index in [1.165, 1.54) is 22.5 Å². The monoisotopic (exact) mass is 460 g/mol. The van der Waals surface area contributed by atoms with E-state index >= 15 is 0 Å². The summed E-state index contributed by atoms with van der Waals surface area (Å²) in [5, 5.41) is 5.19. The first-order valence-corrected chi connectivity index (χ1v) is 12.4. The number of nitrogens with zero attached hydrogens (tertiary/aromatic N) is 1. The molecule has 2 heterocycles. The first-order valence-electron chi connectivity index (χ1n) is 9.66. The van der Waals surface area contributed by atoms with Crippen molar-refractivity contribution in [3.8, 4) is 0 Å². The van der Waals surface area contributed by atoms with Crippen molar-refractivity contribution in [1.29, 1.82) is 0 Å². The lowest BCUT2D eigenvalue weighted by Crippen LogP contribution is -2.30. The minimum atomic E-state index is -3.64. The first-order chi connectivity index (χ1) is 14.5. The molecule has 1 N–H and O–H groups in total. The van der Waals surface area contributed by atoms with E-state index in [0.29, 0.717) is 13.1 Å². The Morgan fingerprint density at radius 1 is 1.03 bits per heavy atom. The lowest BCUT2D eigenvalue weighted by molar-refractivity contribution is 0.0943. The van der Waals surface area contributed by atoms with Crippen molar-refractivity contribution in [2.24, 2.45) is 0 Å². The maximum atomic E-state index is 13.1. The van der Waals surface area contributed by atoms with Gasteiger partial charge in [-0.2, -0.15) is 4.31 Å². The molecule has 1 amide bonds. The molecular weight excluding hydrogens is 440 g/mol. The third-order valence-electron chi connectivity index (χ3n) is 5.12. The number of nitrogens with one attached hydrogen (secondary N) is 1. The summed E-state index contributed by atoms with van der Waals surface area (Å²) in [6.07, 6.45) is 1.69. The van der Waals surface area contributed by atoms with Gasteiger partial charge in [-0.1, -0.05) is 48.0 Å². The maximum Gasteiger partial charge on any atom is 0.253 e. The van der Waals surface area contributed by atoms with Crippen LogP contribution in [0.1, 0.15) is 39.7 Å². The van der Waals surface area contributed by atoms with Gasteiger partial charge in [-0.25, -0.2) is 8.42 Å². The summed E-state index contributed by atoms with van der Waals surface area (Å²) >= 11 is 7.83. The lowest BCUT2D eigenvalue weighted by atomic mass is 10.0. The van der Waals surface area contributed by atoms with Gasteiger partial charge in [0.05, 0.1) is 21.5 Å². The number of rotatable bonds is 6. The summed E-state index contributed by atoms with van der Waals surface area (Å²) in [6, 6.07) is 17.5. The summed E-state index contributed by atoms with van der Waals surface area (Å²) < 4.78 is 27.3. The summed E-state index contributed by atoms with van der Waals surface area (Å²) in [5.74, 6) is -0.416. The molecule has 1 unspecified atom stereocenters. The summed E-state index contributed by atoms with van der Waals surface area (Å²) in [5.41, 5.74) is 1.08. The number of hydrogen-bond donors (Lipinski definition) is 1. The van der Waals surface area contributed by atoms with E-state index in [2.05, 4.69) is 5.32 Å². The SMILES string of the molecule is O=C(NC(c1ccccc1)c1cccs1)c1cc(S(=O)(=O)N2CCCC2)ccc1Cl. The molecule has 1 atom stereocenters. The third-order valence-corrected chi connectivity index (χ3v) is 8.28. The fourth-order valence-corrected chi connectivity index (χ4v) is 6.09. The highest BCUT2D eigenvalue weighted by Crippen LogP contribution is 2.29. The Labute approximate surface area is 185 Å². The summed E-state index contributed by atoms with van der Waals surface area (Å²) in [6.45, 7) is 1.00. The van der Waals surface area contributed by atoms with Crippen LogP contribution in [0.3, 0.4) is 0 Å². The molecule has 1 aromatic heterocycles. The van der Waals surface area contributed by atoms with Crippen LogP contribution in [0.2, 0.25) is 5.02 Å². The molecule has 1 aliphatic rings. The topological polar surface area (TPSA) is 66.5 Å². The summed E-state index contributed by atoms with van der Waals surface area (Å²) in [7, 11) is -3.64. The highest BCUT2D eigenvalue weighted by Gasteiger charge is 2.29. The number of benzene rings is 2. The normalized spacial score (nSPS) is 15.8. The zero-order chi connectivity index (χ0) is 21.1. The predicted octanol–water partition coefficient (Wildman–Crippen LogP) is 4.71. The van der Waals surface area contributed by atoms with Crippen LogP contribution in [0.15, 0.2) is 70.9 Å². The standard InChI is InChI=1S/C22H21ClN2O3S2/c23-19-11-10-17(30(27,28)25-12-4-5-13-25)15-18(19)22(26)24-21(20-9-6-14-29-20)16-7-2-1-3-8-16/h1-3,6-11,14-15,21H,4-5,12-13H2,(H,24,26). The number of thiophene rings is 1. The molecule has 5 nitrogen and oxygen atoms in total. The van der Waals surface area contributed by atoms with E-state index in [0.717, 1.165) is 23.3 Å². The Bertz CT molecular complexity index is 1130. The quantitative estimate of drug-likeness (QED) is 0.579. The molecule has 0 saturated carbocycles.